The molecule has 4 aromatic rings. The number of ether oxygens (including phenoxy) is 5. The fraction of sp³-hybridized carbons (Fsp3) is 0.358. The molecule has 0 atom stereocenters. The molecule has 0 saturated carbocycles. The van der Waals surface area contributed by atoms with Crippen molar-refractivity contribution in [2.24, 2.45) is 0 Å². The molecule has 4 rings (SSSR count). The SMILES string of the molecule is C=CC(=O)OCCCCOc1ccc(OC(=O)c2ccc(C=[N+]=Cc3ccc(C)cc3)cc2C(=O)OC)cc1.C=CC(=O)OCCCCSc1ccc(CCCC)cc1.CCCCC. The third kappa shape index (κ3) is 23.3. The largest absolute Gasteiger partial charge is 0.494 e. The van der Waals surface area contributed by atoms with Crippen molar-refractivity contribution in [3.05, 3.63) is 150 Å². The highest BCUT2D eigenvalue weighted by molar-refractivity contribution is 7.99. The van der Waals surface area contributed by atoms with Crippen LogP contribution in [0.15, 0.2) is 121 Å². The molecule has 10 nitrogen and oxygen atoms in total. The first kappa shape index (κ1) is 54.0. The maximum atomic E-state index is 12.9. The molecule has 0 bridgehead atoms. The van der Waals surface area contributed by atoms with Gasteiger partial charge in [-0.2, -0.15) is 0 Å². The minimum Gasteiger partial charge on any atom is -0.494 e. The lowest BCUT2D eigenvalue weighted by Gasteiger charge is -2.10. The molecule has 64 heavy (non-hydrogen) atoms. The first-order valence-electron chi connectivity index (χ1n) is 22.0. The number of nitrogens with zero attached hydrogens (tertiary/aromatic N) is 1. The number of hydrogen-bond acceptors (Lipinski definition) is 10. The van der Waals surface area contributed by atoms with Crippen LogP contribution >= 0.6 is 11.8 Å². The standard InChI is InChI=1S/C31H30NO7.C17H24O2S.C5H12/c1-4-29(33)38-18-6-5-17-37-25-12-14-26(15-13-25)39-31(35)27-16-11-24(19-28(27)30(34)36-3)21-32-20-23-9-7-22(2)8-10-23;1-3-5-8-15-9-11-16(12-10-15)20-14-7-6-13-19-17(18)4-2;1-3-5-4-2/h4,7-16,19-21H,1,5-6,17-18H2,2-3H3;4,9-12H,2-3,5-8,13-14H2,1H3;3-5H2,1-2H3/q+1;;. The van der Waals surface area contributed by atoms with Crippen LogP contribution in [0.4, 0.5) is 0 Å². The van der Waals surface area contributed by atoms with Crippen LogP contribution in [-0.2, 0) is 30.2 Å². The van der Waals surface area contributed by atoms with Gasteiger partial charge in [0, 0.05) is 17.0 Å². The van der Waals surface area contributed by atoms with Gasteiger partial charge in [-0.25, -0.2) is 19.2 Å². The summed E-state index contributed by atoms with van der Waals surface area (Å²) in [6, 6.07) is 28.0. The molecule has 0 spiro atoms. The Morgan fingerprint density at radius 2 is 1.17 bits per heavy atom. The van der Waals surface area contributed by atoms with Gasteiger partial charge >= 0.3 is 23.9 Å². The highest BCUT2D eigenvalue weighted by atomic mass is 32.2. The van der Waals surface area contributed by atoms with Gasteiger partial charge in [0.05, 0.1) is 49.2 Å². The van der Waals surface area contributed by atoms with E-state index in [4.69, 9.17) is 23.7 Å². The van der Waals surface area contributed by atoms with Gasteiger partial charge in [-0.05, 0) is 123 Å². The number of thioether (sulfide) groups is 1. The van der Waals surface area contributed by atoms with Crippen molar-refractivity contribution in [2.75, 3.05) is 32.7 Å². The lowest BCUT2D eigenvalue weighted by atomic mass is 10.0. The first-order chi connectivity index (χ1) is 31.1. The molecule has 11 heteroatoms. The summed E-state index contributed by atoms with van der Waals surface area (Å²) in [7, 11) is 1.25. The number of carbonyl (C=O) groups excluding carboxylic acids is 4. The Morgan fingerprint density at radius 3 is 1.75 bits per heavy atom. The summed E-state index contributed by atoms with van der Waals surface area (Å²) in [5, 5.41) is 0. The third-order valence-electron chi connectivity index (χ3n) is 9.11. The van der Waals surface area contributed by atoms with E-state index in [0.29, 0.717) is 44.0 Å². The normalized spacial score (nSPS) is 9.95. The van der Waals surface area contributed by atoms with E-state index < -0.39 is 17.9 Å². The maximum absolute atomic E-state index is 12.9. The van der Waals surface area contributed by atoms with Crippen molar-refractivity contribution in [1.82, 2.24) is 4.67 Å². The number of unbranched alkanes of at least 4 members (excludes halogenated alkanes) is 5. The second kappa shape index (κ2) is 33.4. The van der Waals surface area contributed by atoms with Gasteiger partial charge < -0.3 is 23.7 Å². The van der Waals surface area contributed by atoms with Crippen LogP contribution in [0.1, 0.15) is 122 Å². The molecular weight excluding hydrogens is 827 g/mol. The quantitative estimate of drug-likeness (QED) is 0.00980. The van der Waals surface area contributed by atoms with Gasteiger partial charge in [-0.1, -0.05) is 94.1 Å². The summed E-state index contributed by atoms with van der Waals surface area (Å²) in [6.07, 6.45) is 16.7. The first-order valence-corrected chi connectivity index (χ1v) is 23.0. The van der Waals surface area contributed by atoms with Gasteiger partial charge in [0.2, 0.25) is 0 Å². The summed E-state index contributed by atoms with van der Waals surface area (Å²) in [6.45, 7) is 16.6. The topological polar surface area (TPSA) is 129 Å². The molecule has 0 heterocycles. The number of carbonyl (C=O) groups is 4. The number of benzene rings is 4. The highest BCUT2D eigenvalue weighted by Gasteiger charge is 2.21. The zero-order valence-electron chi connectivity index (χ0n) is 38.3. The van der Waals surface area contributed by atoms with Crippen LogP contribution in [0.3, 0.4) is 0 Å². The lowest BCUT2D eigenvalue weighted by Crippen LogP contribution is -2.15. The molecule has 0 radical (unpaired) electrons. The van der Waals surface area contributed by atoms with E-state index in [2.05, 4.69) is 62.9 Å². The molecule has 0 aliphatic rings. The van der Waals surface area contributed by atoms with E-state index in [9.17, 15) is 19.2 Å². The van der Waals surface area contributed by atoms with Crippen LogP contribution in [0, 0.1) is 6.92 Å². The molecule has 0 aliphatic carbocycles. The fourth-order valence-electron chi connectivity index (χ4n) is 5.47. The molecule has 0 amide bonds. The summed E-state index contributed by atoms with van der Waals surface area (Å²) in [5.74, 6) is -0.204. The van der Waals surface area contributed by atoms with Crippen molar-refractivity contribution in [1.29, 1.82) is 0 Å². The molecule has 0 unspecified atom stereocenters. The van der Waals surface area contributed by atoms with Crippen LogP contribution in [0.5, 0.6) is 11.5 Å². The van der Waals surface area contributed by atoms with E-state index in [1.54, 1.807) is 42.8 Å². The summed E-state index contributed by atoms with van der Waals surface area (Å²) < 4.78 is 30.1. The molecule has 0 fully saturated rings. The predicted molar refractivity (Wildman–Crippen MR) is 260 cm³/mol. The van der Waals surface area contributed by atoms with Gasteiger partial charge in [-0.15, -0.1) is 11.8 Å². The second-order valence-corrected chi connectivity index (χ2v) is 15.6. The van der Waals surface area contributed by atoms with E-state index in [1.807, 2.05) is 43.0 Å². The van der Waals surface area contributed by atoms with Crippen LogP contribution in [0.2, 0.25) is 0 Å². The average molecular weight is 893 g/mol. The fourth-order valence-corrected chi connectivity index (χ4v) is 6.38. The molecule has 342 valence electrons. The van der Waals surface area contributed by atoms with Crippen molar-refractivity contribution >= 4 is 48.1 Å². The summed E-state index contributed by atoms with van der Waals surface area (Å²) in [5.41, 5.74) is 4.28. The Kier molecular flexibility index (Phi) is 28.2. The summed E-state index contributed by atoms with van der Waals surface area (Å²) >= 11 is 1.86. The molecule has 0 aromatic heterocycles. The number of methoxy groups -OCH3 is 1. The van der Waals surface area contributed by atoms with E-state index >= 15 is 0 Å². The monoisotopic (exact) mass is 892 g/mol. The minimum atomic E-state index is -0.701. The van der Waals surface area contributed by atoms with Gasteiger partial charge in [-0.3, -0.25) is 0 Å². The smallest absolute Gasteiger partial charge is 0.344 e. The number of rotatable bonds is 24. The maximum Gasteiger partial charge on any atom is 0.344 e. The van der Waals surface area contributed by atoms with Gasteiger partial charge in [0.1, 0.15) is 11.5 Å². The Balaban J connectivity index is 0.000000469. The van der Waals surface area contributed by atoms with Gasteiger partial charge in [0.15, 0.2) is 0 Å². The third-order valence-corrected chi connectivity index (χ3v) is 10.2. The second-order valence-electron chi connectivity index (χ2n) is 14.4. The Hall–Kier alpha value is -6.16. The van der Waals surface area contributed by atoms with Crippen LogP contribution in [-0.4, -0.2) is 69.0 Å². The molecule has 0 N–H and O–H groups in total. The number of esters is 4. The molecular formula is C53H66NO9S+. The Morgan fingerprint density at radius 1 is 0.609 bits per heavy atom. The van der Waals surface area contributed by atoms with Crippen molar-refractivity contribution in [3.8, 4) is 11.5 Å². The van der Waals surface area contributed by atoms with E-state index in [-0.39, 0.29) is 22.8 Å². The van der Waals surface area contributed by atoms with E-state index in [0.717, 1.165) is 35.8 Å². The van der Waals surface area contributed by atoms with Crippen molar-refractivity contribution in [2.45, 2.75) is 96.8 Å². The molecule has 4 aromatic carbocycles. The minimum absolute atomic E-state index is 0.0685. The zero-order valence-corrected chi connectivity index (χ0v) is 39.1. The van der Waals surface area contributed by atoms with Crippen LogP contribution in [0.25, 0.3) is 0 Å². The highest BCUT2D eigenvalue weighted by Crippen LogP contribution is 2.22. The Labute approximate surface area is 384 Å². The van der Waals surface area contributed by atoms with Gasteiger partial charge in [0.25, 0.3) is 12.4 Å². The van der Waals surface area contributed by atoms with Crippen LogP contribution < -0.4 is 14.1 Å². The lowest BCUT2D eigenvalue weighted by molar-refractivity contribution is -0.138. The average Bonchev–Trinajstić information content (AvgIpc) is 3.32. The zero-order chi connectivity index (χ0) is 46.8. The Bertz CT molecular complexity index is 2070. The van der Waals surface area contributed by atoms with E-state index in [1.165, 1.54) is 74.3 Å². The van der Waals surface area contributed by atoms with Crippen molar-refractivity contribution in [3.63, 3.8) is 0 Å². The predicted octanol–water partition coefficient (Wildman–Crippen LogP) is 11.3. The number of hydrogen-bond donors (Lipinski definition) is 0. The molecule has 0 saturated heterocycles. The number of aryl methyl sites for hydroxylation is 2. The molecule has 0 aliphatic heterocycles. The summed E-state index contributed by atoms with van der Waals surface area (Å²) in [4.78, 5) is 48.4. The van der Waals surface area contributed by atoms with Crippen molar-refractivity contribution < 1.29 is 42.9 Å².